The molecule has 0 radical (unpaired) electrons. The summed E-state index contributed by atoms with van der Waals surface area (Å²) in [7, 11) is 0. The van der Waals surface area contributed by atoms with Crippen molar-refractivity contribution in [3.05, 3.63) is 131 Å². The normalized spacial score (nSPS) is 12.2. The first-order chi connectivity index (χ1) is 19.5. The van der Waals surface area contributed by atoms with Crippen molar-refractivity contribution >= 4 is 28.3 Å². The van der Waals surface area contributed by atoms with Gasteiger partial charge in [0.15, 0.2) is 0 Å². The van der Waals surface area contributed by atoms with Crippen molar-refractivity contribution in [2.45, 2.75) is 13.1 Å². The molecule has 3 N–H and O–H groups in total. The van der Waals surface area contributed by atoms with E-state index in [0.29, 0.717) is 43.1 Å². The Morgan fingerprint density at radius 1 is 0.875 bits per heavy atom. The molecule has 40 heavy (non-hydrogen) atoms. The summed E-state index contributed by atoms with van der Waals surface area (Å²) in [6.45, 7) is 2.32. The molecule has 0 bridgehead atoms. The average molecular weight is 526 g/mol. The maximum atomic E-state index is 13.0. The number of amides is 2. The highest BCUT2D eigenvalue weighted by atomic mass is 16.5. The number of hydrogen-bond donors (Lipinski definition) is 2. The van der Waals surface area contributed by atoms with Crippen molar-refractivity contribution in [1.29, 1.82) is 0 Å². The summed E-state index contributed by atoms with van der Waals surface area (Å²) in [5.41, 5.74) is 11.2. The lowest BCUT2D eigenvalue weighted by molar-refractivity contribution is 0.0949. The quantitative estimate of drug-likeness (QED) is 0.292. The van der Waals surface area contributed by atoms with Crippen LogP contribution in [-0.4, -0.2) is 25.0 Å². The summed E-state index contributed by atoms with van der Waals surface area (Å²) in [5.74, 6) is 0.0174. The molecule has 1 heterocycles. The van der Waals surface area contributed by atoms with Crippen LogP contribution in [0.5, 0.6) is 5.75 Å². The summed E-state index contributed by atoms with van der Waals surface area (Å²) in [5, 5.41) is 5.36. The number of benzene rings is 4. The van der Waals surface area contributed by atoms with Gasteiger partial charge in [-0.3, -0.25) is 9.59 Å². The topological polar surface area (TPSA) is 84.7 Å². The number of anilines is 1. The van der Waals surface area contributed by atoms with Gasteiger partial charge in [-0.15, -0.1) is 0 Å². The third-order valence-corrected chi connectivity index (χ3v) is 7.13. The first-order valence-electron chi connectivity index (χ1n) is 13.1. The Balaban J connectivity index is 1.17. The molecular weight excluding hydrogens is 498 g/mol. The van der Waals surface area contributed by atoms with Crippen LogP contribution in [0.2, 0.25) is 0 Å². The lowest BCUT2D eigenvalue weighted by atomic mass is 9.99. The smallest absolute Gasteiger partial charge is 0.257 e. The molecule has 0 saturated heterocycles. The van der Waals surface area contributed by atoms with Gasteiger partial charge in [-0.1, -0.05) is 72.8 Å². The first kappa shape index (κ1) is 25.0. The van der Waals surface area contributed by atoms with Gasteiger partial charge < -0.3 is 20.7 Å². The summed E-state index contributed by atoms with van der Waals surface area (Å²) in [6.07, 6.45) is 0. The molecule has 6 nitrogen and oxygen atoms in total. The van der Waals surface area contributed by atoms with E-state index in [1.165, 1.54) is 5.39 Å². The van der Waals surface area contributed by atoms with Crippen molar-refractivity contribution in [2.75, 3.05) is 18.1 Å². The van der Waals surface area contributed by atoms with E-state index in [1.54, 1.807) is 6.07 Å². The van der Waals surface area contributed by atoms with Crippen LogP contribution in [0.25, 0.3) is 21.9 Å². The standard InChI is InChI=1S/C34H27N3O3/c35-33(38)26-13-11-25(12-14-26)30-8-4-3-7-29(30)22-37-17-18-40-32-20-28(15-16-31(32)37)34(39)36-21-23-9-10-24-5-1-2-6-27(24)19-23/h1-11,13,15-16,19-20H,17-18,21-22H2,(H2,35,38)(H,36,39). The van der Waals surface area contributed by atoms with Crippen LogP contribution in [0.15, 0.2) is 97.1 Å². The number of primary amides is 1. The van der Waals surface area contributed by atoms with Gasteiger partial charge in [-0.05, 0) is 63.9 Å². The van der Waals surface area contributed by atoms with E-state index in [-0.39, 0.29) is 5.91 Å². The Bertz CT molecular complexity index is 1710. The molecule has 0 aliphatic carbocycles. The fourth-order valence-electron chi connectivity index (χ4n) is 5.03. The van der Waals surface area contributed by atoms with Crippen LogP contribution >= 0.6 is 0 Å². The summed E-state index contributed by atoms with van der Waals surface area (Å²) in [6, 6.07) is 37.5. The molecule has 6 heteroatoms. The number of hydrogen-bond acceptors (Lipinski definition) is 4. The van der Waals surface area contributed by atoms with Gasteiger partial charge >= 0.3 is 0 Å². The van der Waals surface area contributed by atoms with Crippen molar-refractivity contribution in [3.8, 4) is 16.9 Å². The lowest BCUT2D eigenvalue weighted by Gasteiger charge is -2.32. The molecular formula is C34H27N3O3. The zero-order valence-electron chi connectivity index (χ0n) is 21.8. The van der Waals surface area contributed by atoms with Crippen LogP contribution in [0.3, 0.4) is 0 Å². The Morgan fingerprint density at radius 2 is 1.70 bits per heavy atom. The van der Waals surface area contributed by atoms with Gasteiger partial charge in [0.25, 0.3) is 11.8 Å². The second-order valence-electron chi connectivity index (χ2n) is 9.75. The van der Waals surface area contributed by atoms with E-state index in [4.69, 9.17) is 10.5 Å². The molecule has 0 saturated carbocycles. The van der Waals surface area contributed by atoms with Crippen molar-refractivity contribution in [2.24, 2.45) is 5.73 Å². The van der Waals surface area contributed by atoms with Crippen molar-refractivity contribution in [1.82, 2.24) is 5.32 Å². The number of ether oxygens (including phenoxy) is 1. The third-order valence-electron chi connectivity index (χ3n) is 7.13. The predicted molar refractivity (Wildman–Crippen MR) is 156 cm³/mol. The molecule has 0 aromatic heterocycles. The highest BCUT2D eigenvalue weighted by Crippen LogP contribution is 2.35. The van der Waals surface area contributed by atoms with E-state index in [0.717, 1.165) is 33.3 Å². The maximum absolute atomic E-state index is 13.0. The van der Waals surface area contributed by atoms with E-state index < -0.39 is 5.91 Å². The molecule has 0 fully saturated rings. The van der Waals surface area contributed by atoms with Crippen LogP contribution in [0, 0.1) is 12.1 Å². The molecule has 5 aromatic carbocycles. The summed E-state index contributed by atoms with van der Waals surface area (Å²) in [4.78, 5) is 26.7. The first-order valence-corrected chi connectivity index (χ1v) is 13.1. The van der Waals surface area contributed by atoms with Gasteiger partial charge in [-0.2, -0.15) is 0 Å². The zero-order chi connectivity index (χ0) is 27.5. The van der Waals surface area contributed by atoms with E-state index in [1.807, 2.05) is 60.7 Å². The molecule has 0 unspecified atom stereocenters. The number of carbonyl (C=O) groups excluding carboxylic acids is 2. The Hall–Kier alpha value is -5.28. The van der Waals surface area contributed by atoms with Crippen LogP contribution in [0.1, 0.15) is 31.8 Å². The third kappa shape index (κ3) is 5.18. The van der Waals surface area contributed by atoms with Gasteiger partial charge in [-0.25, -0.2) is 0 Å². The lowest BCUT2D eigenvalue weighted by Crippen LogP contribution is -2.32. The van der Waals surface area contributed by atoms with Crippen molar-refractivity contribution in [3.63, 3.8) is 0 Å². The van der Waals surface area contributed by atoms with Crippen LogP contribution < -0.4 is 20.7 Å². The number of carbonyl (C=O) groups is 2. The molecule has 6 rings (SSSR count). The van der Waals surface area contributed by atoms with Gasteiger partial charge in [0.2, 0.25) is 0 Å². The number of nitrogens with two attached hydrogens (primary N) is 1. The molecule has 196 valence electrons. The highest BCUT2D eigenvalue weighted by molar-refractivity contribution is 5.95. The van der Waals surface area contributed by atoms with Gasteiger partial charge in [0, 0.05) is 24.2 Å². The second-order valence-corrected chi connectivity index (χ2v) is 9.75. The van der Waals surface area contributed by atoms with Crippen LogP contribution in [0.4, 0.5) is 5.69 Å². The zero-order valence-corrected chi connectivity index (χ0v) is 21.8. The molecule has 1 aliphatic rings. The minimum Gasteiger partial charge on any atom is -0.490 e. The molecule has 1 aliphatic heterocycles. The molecule has 2 amide bonds. The van der Waals surface area contributed by atoms with Crippen LogP contribution in [-0.2, 0) is 13.1 Å². The Kier molecular flexibility index (Phi) is 6.78. The fraction of sp³-hybridized carbons (Fsp3) is 0.118. The van der Waals surface area contributed by atoms with E-state index in [2.05, 4.69) is 52.7 Å². The summed E-state index contributed by atoms with van der Waals surface area (Å²) < 4.78 is 5.97. The van der Waals surface area contributed by atoms with Gasteiger partial charge in [0.1, 0.15) is 12.4 Å². The fourth-order valence-corrected chi connectivity index (χ4v) is 5.03. The predicted octanol–water partition coefficient (Wildman–Crippen LogP) is 5.54. The Morgan fingerprint density at radius 3 is 2.52 bits per heavy atom. The largest absolute Gasteiger partial charge is 0.490 e. The Labute approximate surface area is 233 Å². The van der Waals surface area contributed by atoms with E-state index in [9.17, 15) is 9.59 Å². The monoisotopic (exact) mass is 525 g/mol. The van der Waals surface area contributed by atoms with Gasteiger partial charge in [0.05, 0.1) is 17.8 Å². The summed E-state index contributed by atoms with van der Waals surface area (Å²) >= 11 is 0. The molecule has 0 atom stereocenters. The minimum absolute atomic E-state index is 0.145. The average Bonchev–Trinajstić information content (AvgIpc) is 3.00. The number of nitrogens with one attached hydrogen (secondary N) is 1. The second kappa shape index (κ2) is 10.8. The highest BCUT2D eigenvalue weighted by Gasteiger charge is 2.21. The van der Waals surface area contributed by atoms with E-state index >= 15 is 0 Å². The number of nitrogens with zero attached hydrogens (tertiary/aromatic N) is 1. The molecule has 5 aromatic rings. The minimum atomic E-state index is -0.525. The number of fused-ring (bicyclic) bond motifs is 2. The SMILES string of the molecule is NC(=O)c1c#cc(-c2ccccc2CN2CCOc3cc(C(=O)NCc4ccc5ccccc5c4)ccc32)cc1. The maximum Gasteiger partial charge on any atom is 0.257 e. The number of rotatable bonds is 7. The molecule has 0 spiro atoms. The van der Waals surface area contributed by atoms with Crippen molar-refractivity contribution < 1.29 is 14.3 Å².